The zero-order chi connectivity index (χ0) is 14.8. The van der Waals surface area contributed by atoms with Crippen molar-refractivity contribution in [2.75, 3.05) is 14.2 Å². The Bertz CT molecular complexity index is 808. The van der Waals surface area contributed by atoms with Crippen molar-refractivity contribution in [1.29, 1.82) is 0 Å². The van der Waals surface area contributed by atoms with Crippen LogP contribution >= 0.6 is 0 Å². The van der Waals surface area contributed by atoms with E-state index >= 15 is 0 Å². The number of nitrogens with zero attached hydrogens (tertiary/aromatic N) is 1. The molecule has 0 aliphatic heterocycles. The van der Waals surface area contributed by atoms with Crippen LogP contribution in [0.2, 0.25) is 0 Å². The van der Waals surface area contributed by atoms with E-state index in [9.17, 15) is 4.79 Å². The summed E-state index contributed by atoms with van der Waals surface area (Å²) in [5, 5.41) is 3.50. The van der Waals surface area contributed by atoms with Crippen molar-refractivity contribution in [2.24, 2.45) is 0 Å². The molecule has 3 rings (SSSR count). The van der Waals surface area contributed by atoms with Gasteiger partial charge in [0, 0.05) is 12.4 Å². The maximum absolute atomic E-state index is 11.6. The Morgan fingerprint density at radius 1 is 1.24 bits per heavy atom. The van der Waals surface area contributed by atoms with Crippen LogP contribution in [0, 0.1) is 0 Å². The summed E-state index contributed by atoms with van der Waals surface area (Å²) >= 11 is 0. The maximum atomic E-state index is 11.6. The van der Waals surface area contributed by atoms with E-state index in [2.05, 4.69) is 10.3 Å². The first-order chi connectivity index (χ1) is 10.2. The van der Waals surface area contributed by atoms with Crippen molar-refractivity contribution >= 4 is 16.8 Å². The highest BCUT2D eigenvalue weighted by Gasteiger charge is 2.15. The number of hydrogen-bond acceptors (Lipinski definition) is 4. The summed E-state index contributed by atoms with van der Waals surface area (Å²) in [6.45, 7) is 0. The van der Waals surface area contributed by atoms with Gasteiger partial charge < -0.3 is 14.5 Å². The molecule has 0 saturated carbocycles. The molecule has 0 fully saturated rings. The topological polar surface area (TPSA) is 64.4 Å². The predicted octanol–water partition coefficient (Wildman–Crippen LogP) is 2.86. The van der Waals surface area contributed by atoms with Gasteiger partial charge in [0.2, 0.25) is 5.88 Å². The number of carbonyl (C=O) groups is 1. The molecule has 3 aromatic rings. The summed E-state index contributed by atoms with van der Waals surface area (Å²) in [5.74, 6) is 0.992. The van der Waals surface area contributed by atoms with E-state index < -0.39 is 0 Å². The van der Waals surface area contributed by atoms with E-state index in [0.29, 0.717) is 17.2 Å². The van der Waals surface area contributed by atoms with E-state index in [4.69, 9.17) is 9.15 Å². The molecule has 5 heteroatoms. The molecule has 0 unspecified atom stereocenters. The maximum Gasteiger partial charge on any atom is 0.286 e. The standard InChI is InChI=1S/C16H14N2O3/c1-17-15(19)14-8-7-13(21-14)11-9-10-5-3-4-6-12(10)18-16(11)20-2/h3-9H,1-2H3,(H,17,19). The first-order valence-corrected chi connectivity index (χ1v) is 6.49. The number of hydrogen-bond donors (Lipinski definition) is 1. The van der Waals surface area contributed by atoms with Gasteiger partial charge in [-0.1, -0.05) is 18.2 Å². The normalized spacial score (nSPS) is 10.6. The SMILES string of the molecule is CNC(=O)c1ccc(-c2cc3ccccc3nc2OC)o1. The number of furan rings is 1. The van der Waals surface area contributed by atoms with Crippen LogP contribution in [-0.2, 0) is 0 Å². The fourth-order valence-corrected chi connectivity index (χ4v) is 2.16. The summed E-state index contributed by atoms with van der Waals surface area (Å²) in [7, 11) is 3.12. The Balaban J connectivity index is 2.14. The number of rotatable bonds is 3. The summed E-state index contributed by atoms with van der Waals surface area (Å²) < 4.78 is 10.9. The van der Waals surface area contributed by atoms with Crippen molar-refractivity contribution in [2.45, 2.75) is 0 Å². The molecule has 2 heterocycles. The van der Waals surface area contributed by atoms with E-state index in [1.807, 2.05) is 30.3 Å². The van der Waals surface area contributed by atoms with Crippen molar-refractivity contribution in [1.82, 2.24) is 10.3 Å². The van der Waals surface area contributed by atoms with Crippen molar-refractivity contribution in [3.8, 4) is 17.2 Å². The summed E-state index contributed by atoms with van der Waals surface area (Å²) in [6, 6.07) is 13.0. The molecule has 0 aliphatic rings. The minimum absolute atomic E-state index is 0.253. The fraction of sp³-hybridized carbons (Fsp3) is 0.125. The van der Waals surface area contributed by atoms with Gasteiger partial charge in [0.15, 0.2) is 5.76 Å². The third-order valence-electron chi connectivity index (χ3n) is 3.20. The molecule has 1 N–H and O–H groups in total. The van der Waals surface area contributed by atoms with Crippen molar-refractivity contribution < 1.29 is 13.9 Å². The number of amides is 1. The molecule has 0 aliphatic carbocycles. The number of aromatic nitrogens is 1. The van der Waals surface area contributed by atoms with Gasteiger partial charge in [-0.05, 0) is 24.3 Å². The minimum atomic E-state index is -0.269. The Morgan fingerprint density at radius 3 is 2.81 bits per heavy atom. The molecule has 0 bridgehead atoms. The molecule has 0 saturated heterocycles. The smallest absolute Gasteiger partial charge is 0.286 e. The van der Waals surface area contributed by atoms with Gasteiger partial charge in [-0.2, -0.15) is 0 Å². The van der Waals surface area contributed by atoms with Crippen LogP contribution in [-0.4, -0.2) is 25.0 Å². The number of pyridine rings is 1. The molecule has 106 valence electrons. The summed E-state index contributed by atoms with van der Waals surface area (Å²) in [6.07, 6.45) is 0. The second-order valence-electron chi connectivity index (χ2n) is 4.48. The lowest BCUT2D eigenvalue weighted by atomic mass is 10.1. The van der Waals surface area contributed by atoms with Crippen molar-refractivity contribution in [3.63, 3.8) is 0 Å². The van der Waals surface area contributed by atoms with Gasteiger partial charge in [-0.3, -0.25) is 4.79 Å². The molecule has 0 radical (unpaired) electrons. The number of benzene rings is 1. The first-order valence-electron chi connectivity index (χ1n) is 6.49. The van der Waals surface area contributed by atoms with E-state index in [-0.39, 0.29) is 11.7 Å². The molecular weight excluding hydrogens is 268 g/mol. The van der Waals surface area contributed by atoms with Gasteiger partial charge in [0.05, 0.1) is 18.2 Å². The third-order valence-corrected chi connectivity index (χ3v) is 3.20. The molecule has 5 nitrogen and oxygen atoms in total. The van der Waals surface area contributed by atoms with Crippen LogP contribution in [0.15, 0.2) is 46.9 Å². The second-order valence-corrected chi connectivity index (χ2v) is 4.48. The van der Waals surface area contributed by atoms with Crippen LogP contribution in [0.3, 0.4) is 0 Å². The first kappa shape index (κ1) is 13.2. The van der Waals surface area contributed by atoms with Gasteiger partial charge in [0.25, 0.3) is 5.91 Å². The van der Waals surface area contributed by atoms with Crippen molar-refractivity contribution in [3.05, 3.63) is 48.2 Å². The third kappa shape index (κ3) is 2.33. The lowest BCUT2D eigenvalue weighted by molar-refractivity contribution is 0.0936. The van der Waals surface area contributed by atoms with Gasteiger partial charge in [-0.25, -0.2) is 4.98 Å². The molecule has 0 spiro atoms. The summed E-state index contributed by atoms with van der Waals surface area (Å²) in [5.41, 5.74) is 1.56. The number of carbonyl (C=O) groups excluding carboxylic acids is 1. The van der Waals surface area contributed by atoms with Gasteiger partial charge >= 0.3 is 0 Å². The largest absolute Gasteiger partial charge is 0.480 e. The monoisotopic (exact) mass is 282 g/mol. The number of nitrogens with one attached hydrogen (secondary N) is 1. The highest BCUT2D eigenvalue weighted by atomic mass is 16.5. The molecule has 0 atom stereocenters. The number of fused-ring (bicyclic) bond motifs is 1. The highest BCUT2D eigenvalue weighted by Crippen LogP contribution is 2.32. The lowest BCUT2D eigenvalue weighted by Crippen LogP contribution is -2.16. The number of ether oxygens (including phenoxy) is 1. The van der Waals surface area contributed by atoms with Gasteiger partial charge in [0.1, 0.15) is 5.76 Å². The molecule has 1 amide bonds. The Morgan fingerprint density at radius 2 is 2.05 bits per heavy atom. The Hall–Kier alpha value is -2.82. The molecule has 21 heavy (non-hydrogen) atoms. The van der Waals surface area contributed by atoms with Crippen LogP contribution in [0.4, 0.5) is 0 Å². The average molecular weight is 282 g/mol. The van der Waals surface area contributed by atoms with Crippen LogP contribution < -0.4 is 10.1 Å². The lowest BCUT2D eigenvalue weighted by Gasteiger charge is -2.07. The number of methoxy groups -OCH3 is 1. The second kappa shape index (κ2) is 5.28. The van der Waals surface area contributed by atoms with E-state index in [1.54, 1.807) is 26.3 Å². The zero-order valence-corrected chi connectivity index (χ0v) is 11.7. The summed E-state index contributed by atoms with van der Waals surface area (Å²) in [4.78, 5) is 16.0. The molecule has 1 aromatic carbocycles. The molecular formula is C16H14N2O3. The quantitative estimate of drug-likeness (QED) is 0.802. The van der Waals surface area contributed by atoms with E-state index in [1.165, 1.54) is 0 Å². The van der Waals surface area contributed by atoms with Gasteiger partial charge in [-0.15, -0.1) is 0 Å². The number of para-hydroxylation sites is 1. The zero-order valence-electron chi connectivity index (χ0n) is 11.7. The van der Waals surface area contributed by atoms with Crippen LogP contribution in [0.1, 0.15) is 10.6 Å². The predicted molar refractivity (Wildman–Crippen MR) is 79.4 cm³/mol. The fourth-order valence-electron chi connectivity index (χ4n) is 2.16. The Labute approximate surface area is 121 Å². The molecule has 2 aromatic heterocycles. The van der Waals surface area contributed by atoms with Crippen LogP contribution in [0.5, 0.6) is 5.88 Å². The average Bonchev–Trinajstić information content (AvgIpc) is 3.02. The Kier molecular flexibility index (Phi) is 3.31. The highest BCUT2D eigenvalue weighted by molar-refractivity contribution is 5.92. The van der Waals surface area contributed by atoms with E-state index in [0.717, 1.165) is 10.9 Å². The minimum Gasteiger partial charge on any atom is -0.480 e. The van der Waals surface area contributed by atoms with Crippen LogP contribution in [0.25, 0.3) is 22.2 Å².